The molecule has 1 N–H and O–H groups in total. The largest absolute Gasteiger partial charge is 0.317 e. The molecule has 0 aliphatic carbocycles. The van der Waals surface area contributed by atoms with Crippen LogP contribution in [0.5, 0.6) is 0 Å². The van der Waals surface area contributed by atoms with Crippen molar-refractivity contribution in [3.05, 3.63) is 0 Å². The van der Waals surface area contributed by atoms with Crippen LogP contribution in [-0.2, 0) is 0 Å². The Morgan fingerprint density at radius 3 is 2.67 bits per heavy atom. The van der Waals surface area contributed by atoms with Crippen molar-refractivity contribution >= 4 is 0 Å². The minimum Gasteiger partial charge on any atom is -0.317 e. The van der Waals surface area contributed by atoms with E-state index in [0.717, 1.165) is 5.92 Å². The fraction of sp³-hybridized carbons (Fsp3) is 1.00. The second-order valence-corrected chi connectivity index (χ2v) is 4.72. The van der Waals surface area contributed by atoms with Crippen molar-refractivity contribution < 1.29 is 0 Å². The fourth-order valence-corrected chi connectivity index (χ4v) is 2.09. The van der Waals surface area contributed by atoms with Gasteiger partial charge in [-0.1, -0.05) is 27.2 Å². The highest BCUT2D eigenvalue weighted by molar-refractivity contribution is 4.79. The molecule has 0 bridgehead atoms. The van der Waals surface area contributed by atoms with Gasteiger partial charge in [-0.25, -0.2) is 0 Å². The molecule has 1 nitrogen and oxygen atoms in total. The summed E-state index contributed by atoms with van der Waals surface area (Å²) in [6.07, 6.45) is 5.49. The lowest BCUT2D eigenvalue weighted by Crippen LogP contribution is -2.24. The van der Waals surface area contributed by atoms with Crippen LogP contribution in [0.2, 0.25) is 0 Å². The summed E-state index contributed by atoms with van der Waals surface area (Å²) in [4.78, 5) is 0. The Labute approximate surface area is 76.9 Å². The van der Waals surface area contributed by atoms with E-state index < -0.39 is 0 Å². The lowest BCUT2D eigenvalue weighted by atomic mass is 9.73. The molecular formula is C11H23N. The van der Waals surface area contributed by atoms with Crippen LogP contribution in [0.1, 0.15) is 46.5 Å². The number of hydrogen-bond donors (Lipinski definition) is 1. The molecule has 1 atom stereocenters. The monoisotopic (exact) mass is 169 g/mol. The van der Waals surface area contributed by atoms with Gasteiger partial charge in [0.05, 0.1) is 0 Å². The van der Waals surface area contributed by atoms with Gasteiger partial charge >= 0.3 is 0 Å². The van der Waals surface area contributed by atoms with Gasteiger partial charge in [0.1, 0.15) is 0 Å². The quantitative estimate of drug-likeness (QED) is 0.670. The molecule has 12 heavy (non-hydrogen) atoms. The third-order valence-corrected chi connectivity index (χ3v) is 3.59. The molecule has 72 valence electrons. The van der Waals surface area contributed by atoms with E-state index in [1.54, 1.807) is 0 Å². The van der Waals surface area contributed by atoms with Crippen LogP contribution >= 0.6 is 0 Å². The molecule has 1 aliphatic heterocycles. The normalized spacial score (nSPS) is 26.8. The van der Waals surface area contributed by atoms with E-state index in [-0.39, 0.29) is 0 Å². The van der Waals surface area contributed by atoms with Crippen molar-refractivity contribution in [1.82, 2.24) is 5.32 Å². The van der Waals surface area contributed by atoms with Crippen molar-refractivity contribution in [2.24, 2.45) is 11.3 Å². The highest BCUT2D eigenvalue weighted by atomic mass is 14.9. The average molecular weight is 169 g/mol. The molecule has 0 aromatic carbocycles. The number of hydrogen-bond acceptors (Lipinski definition) is 1. The standard InChI is InChI=1S/C11H23N/c1-4-11(2,3)10-6-5-8-12-9-7-10/h10,12H,4-9H2,1-3H3/t10-/m1/s1. The average Bonchev–Trinajstić information content (AvgIpc) is 2.32. The molecule has 1 heteroatoms. The molecule has 0 aromatic heterocycles. The van der Waals surface area contributed by atoms with Crippen LogP contribution in [0, 0.1) is 11.3 Å². The lowest BCUT2D eigenvalue weighted by molar-refractivity contribution is 0.185. The predicted octanol–water partition coefficient (Wildman–Crippen LogP) is 2.81. The van der Waals surface area contributed by atoms with Gasteiger partial charge in [-0.05, 0) is 43.7 Å². The van der Waals surface area contributed by atoms with Crippen molar-refractivity contribution in [3.8, 4) is 0 Å². The maximum Gasteiger partial charge on any atom is -0.00461 e. The smallest absolute Gasteiger partial charge is 0.00461 e. The molecular weight excluding hydrogens is 146 g/mol. The summed E-state index contributed by atoms with van der Waals surface area (Å²) in [6, 6.07) is 0. The Bertz CT molecular complexity index is 121. The number of rotatable bonds is 2. The van der Waals surface area contributed by atoms with E-state index in [9.17, 15) is 0 Å². The zero-order valence-electron chi connectivity index (χ0n) is 8.82. The van der Waals surface area contributed by atoms with Gasteiger partial charge < -0.3 is 5.32 Å². The van der Waals surface area contributed by atoms with Gasteiger partial charge in [0.2, 0.25) is 0 Å². The third kappa shape index (κ3) is 2.48. The molecule has 1 fully saturated rings. The van der Waals surface area contributed by atoms with E-state index in [4.69, 9.17) is 0 Å². The summed E-state index contributed by atoms with van der Waals surface area (Å²) < 4.78 is 0. The van der Waals surface area contributed by atoms with E-state index >= 15 is 0 Å². The molecule has 1 saturated heterocycles. The second-order valence-electron chi connectivity index (χ2n) is 4.72. The maximum atomic E-state index is 3.47. The van der Waals surface area contributed by atoms with E-state index in [2.05, 4.69) is 26.1 Å². The SMILES string of the molecule is CCC(C)(C)[C@@H]1CCCNCC1. The third-order valence-electron chi connectivity index (χ3n) is 3.59. The van der Waals surface area contributed by atoms with Crippen molar-refractivity contribution in [2.45, 2.75) is 46.5 Å². The summed E-state index contributed by atoms with van der Waals surface area (Å²) in [5, 5.41) is 3.47. The van der Waals surface area contributed by atoms with Gasteiger partial charge in [0.25, 0.3) is 0 Å². The Kier molecular flexibility index (Phi) is 3.57. The topological polar surface area (TPSA) is 12.0 Å². The highest BCUT2D eigenvalue weighted by Gasteiger charge is 2.27. The Hall–Kier alpha value is -0.0400. The zero-order chi connectivity index (χ0) is 9.03. The molecule has 1 rings (SSSR count). The lowest BCUT2D eigenvalue weighted by Gasteiger charge is -2.32. The Morgan fingerprint density at radius 1 is 1.25 bits per heavy atom. The summed E-state index contributed by atoms with van der Waals surface area (Å²) in [7, 11) is 0. The number of nitrogens with one attached hydrogen (secondary N) is 1. The van der Waals surface area contributed by atoms with Crippen molar-refractivity contribution in [1.29, 1.82) is 0 Å². The van der Waals surface area contributed by atoms with Crippen molar-refractivity contribution in [3.63, 3.8) is 0 Å². The summed E-state index contributed by atoms with van der Waals surface area (Å²) in [6.45, 7) is 9.62. The minimum atomic E-state index is 0.562. The summed E-state index contributed by atoms with van der Waals surface area (Å²) in [5.41, 5.74) is 0.562. The molecule has 0 radical (unpaired) electrons. The van der Waals surface area contributed by atoms with Crippen LogP contribution in [0.4, 0.5) is 0 Å². The first-order valence-electron chi connectivity index (χ1n) is 5.37. The first kappa shape index (κ1) is 10.0. The van der Waals surface area contributed by atoms with Gasteiger partial charge in [-0.3, -0.25) is 0 Å². The maximum absolute atomic E-state index is 3.47. The predicted molar refractivity (Wildman–Crippen MR) is 54.3 cm³/mol. The van der Waals surface area contributed by atoms with Crippen molar-refractivity contribution in [2.75, 3.05) is 13.1 Å². The molecule has 0 aromatic rings. The van der Waals surface area contributed by atoms with Gasteiger partial charge in [0, 0.05) is 0 Å². The van der Waals surface area contributed by atoms with Gasteiger partial charge in [-0.2, -0.15) is 0 Å². The first-order valence-corrected chi connectivity index (χ1v) is 5.37. The van der Waals surface area contributed by atoms with E-state index in [1.165, 1.54) is 38.8 Å². The fourth-order valence-electron chi connectivity index (χ4n) is 2.09. The van der Waals surface area contributed by atoms with Gasteiger partial charge in [0.15, 0.2) is 0 Å². The van der Waals surface area contributed by atoms with E-state index in [0.29, 0.717) is 5.41 Å². The Morgan fingerprint density at radius 2 is 2.00 bits per heavy atom. The van der Waals surface area contributed by atoms with Crippen LogP contribution < -0.4 is 5.32 Å². The van der Waals surface area contributed by atoms with Crippen LogP contribution in [0.25, 0.3) is 0 Å². The van der Waals surface area contributed by atoms with Crippen LogP contribution in [-0.4, -0.2) is 13.1 Å². The Balaban J connectivity index is 2.47. The van der Waals surface area contributed by atoms with Gasteiger partial charge in [-0.15, -0.1) is 0 Å². The zero-order valence-corrected chi connectivity index (χ0v) is 8.82. The summed E-state index contributed by atoms with van der Waals surface area (Å²) >= 11 is 0. The first-order chi connectivity index (χ1) is 5.67. The summed E-state index contributed by atoms with van der Waals surface area (Å²) in [5.74, 6) is 0.942. The highest BCUT2D eigenvalue weighted by Crippen LogP contribution is 2.36. The second kappa shape index (κ2) is 4.27. The molecule has 1 aliphatic rings. The molecule has 0 spiro atoms. The van der Waals surface area contributed by atoms with Crippen LogP contribution in [0.15, 0.2) is 0 Å². The molecule has 0 saturated carbocycles. The molecule has 0 amide bonds. The molecule has 1 heterocycles. The molecule has 0 unspecified atom stereocenters. The van der Waals surface area contributed by atoms with Crippen LogP contribution in [0.3, 0.4) is 0 Å². The van der Waals surface area contributed by atoms with E-state index in [1.807, 2.05) is 0 Å². The minimum absolute atomic E-state index is 0.562.